The van der Waals surface area contributed by atoms with Gasteiger partial charge < -0.3 is 10.6 Å². The summed E-state index contributed by atoms with van der Waals surface area (Å²) in [5.74, 6) is -0.888. The van der Waals surface area contributed by atoms with Crippen LogP contribution in [0.2, 0.25) is 0 Å². The average Bonchev–Trinajstić information content (AvgIpc) is 2.56. The van der Waals surface area contributed by atoms with Crippen LogP contribution in [0.5, 0.6) is 0 Å². The van der Waals surface area contributed by atoms with Crippen LogP contribution >= 0.6 is 0 Å². The molecule has 0 bridgehead atoms. The van der Waals surface area contributed by atoms with Gasteiger partial charge in [-0.15, -0.1) is 0 Å². The Bertz CT molecular complexity index is 823. The third-order valence-electron chi connectivity index (χ3n) is 4.34. The van der Waals surface area contributed by atoms with Gasteiger partial charge >= 0.3 is 0 Å². The standard InChI is InChI=1S/C21H26FN3O2/c1-14-8-9-17(10-15(14)2)16(3)23-20(26)12-25(4)13-21(27)24-19-7-5-6-18(22)11-19/h5-11,16H,12-13H2,1-4H3,(H,23,26)(H,24,27). The van der Waals surface area contributed by atoms with Gasteiger partial charge in [0.15, 0.2) is 0 Å². The van der Waals surface area contributed by atoms with E-state index in [2.05, 4.69) is 16.7 Å². The van der Waals surface area contributed by atoms with Crippen LogP contribution in [-0.4, -0.2) is 36.9 Å². The first-order valence-corrected chi connectivity index (χ1v) is 8.85. The van der Waals surface area contributed by atoms with Crippen molar-refractivity contribution in [3.8, 4) is 0 Å². The topological polar surface area (TPSA) is 61.4 Å². The summed E-state index contributed by atoms with van der Waals surface area (Å²) in [7, 11) is 1.69. The predicted molar refractivity (Wildman–Crippen MR) is 105 cm³/mol. The van der Waals surface area contributed by atoms with Crippen molar-refractivity contribution in [1.82, 2.24) is 10.2 Å². The molecule has 2 aromatic carbocycles. The fourth-order valence-corrected chi connectivity index (χ4v) is 2.72. The predicted octanol–water partition coefficient (Wildman–Crippen LogP) is 3.19. The molecule has 0 radical (unpaired) electrons. The number of halogens is 1. The lowest BCUT2D eigenvalue weighted by Crippen LogP contribution is -2.39. The lowest BCUT2D eigenvalue weighted by molar-refractivity contribution is -0.123. The second kappa shape index (κ2) is 9.28. The molecule has 2 amide bonds. The number of aryl methyl sites for hydroxylation is 2. The van der Waals surface area contributed by atoms with Gasteiger partial charge in [-0.3, -0.25) is 14.5 Å². The van der Waals surface area contributed by atoms with Crippen molar-refractivity contribution in [2.24, 2.45) is 0 Å². The minimum absolute atomic E-state index is 0.0297. The zero-order valence-corrected chi connectivity index (χ0v) is 16.2. The van der Waals surface area contributed by atoms with Crippen LogP contribution in [0.1, 0.15) is 29.7 Å². The van der Waals surface area contributed by atoms with E-state index in [4.69, 9.17) is 0 Å². The number of likely N-dealkylation sites (N-methyl/N-ethyl adjacent to an activating group) is 1. The van der Waals surface area contributed by atoms with Gasteiger partial charge in [-0.05, 0) is 62.7 Å². The molecule has 27 heavy (non-hydrogen) atoms. The van der Waals surface area contributed by atoms with Crippen molar-refractivity contribution in [2.75, 3.05) is 25.5 Å². The van der Waals surface area contributed by atoms with E-state index in [9.17, 15) is 14.0 Å². The first-order valence-electron chi connectivity index (χ1n) is 8.85. The van der Waals surface area contributed by atoms with Gasteiger partial charge in [0.1, 0.15) is 5.82 Å². The molecule has 1 unspecified atom stereocenters. The number of amides is 2. The summed E-state index contributed by atoms with van der Waals surface area (Å²) in [6.07, 6.45) is 0. The molecule has 0 heterocycles. The van der Waals surface area contributed by atoms with Crippen molar-refractivity contribution in [1.29, 1.82) is 0 Å². The molecular weight excluding hydrogens is 345 g/mol. The van der Waals surface area contributed by atoms with Crippen molar-refractivity contribution in [2.45, 2.75) is 26.8 Å². The Balaban J connectivity index is 1.82. The van der Waals surface area contributed by atoms with Crippen LogP contribution in [0, 0.1) is 19.7 Å². The second-order valence-corrected chi connectivity index (χ2v) is 6.86. The highest BCUT2D eigenvalue weighted by Gasteiger charge is 2.14. The van der Waals surface area contributed by atoms with E-state index in [1.54, 1.807) is 18.0 Å². The molecule has 0 aliphatic carbocycles. The van der Waals surface area contributed by atoms with Crippen molar-refractivity contribution in [3.63, 3.8) is 0 Å². The fraction of sp³-hybridized carbons (Fsp3) is 0.333. The van der Waals surface area contributed by atoms with Crippen molar-refractivity contribution >= 4 is 17.5 Å². The summed E-state index contributed by atoms with van der Waals surface area (Å²) in [4.78, 5) is 25.9. The maximum absolute atomic E-state index is 13.1. The van der Waals surface area contributed by atoms with Crippen LogP contribution in [0.15, 0.2) is 42.5 Å². The summed E-state index contributed by atoms with van der Waals surface area (Å²) >= 11 is 0. The number of carbonyl (C=O) groups is 2. The van der Waals surface area contributed by atoms with E-state index in [1.165, 1.54) is 29.3 Å². The fourth-order valence-electron chi connectivity index (χ4n) is 2.72. The lowest BCUT2D eigenvalue weighted by Gasteiger charge is -2.19. The quantitative estimate of drug-likeness (QED) is 0.786. The zero-order valence-electron chi connectivity index (χ0n) is 16.2. The number of nitrogens with zero attached hydrogens (tertiary/aromatic N) is 1. The molecule has 5 nitrogen and oxygen atoms in total. The van der Waals surface area contributed by atoms with Crippen LogP contribution < -0.4 is 10.6 Å². The van der Waals surface area contributed by atoms with E-state index >= 15 is 0 Å². The molecule has 2 rings (SSSR count). The lowest BCUT2D eigenvalue weighted by atomic mass is 10.0. The summed E-state index contributed by atoms with van der Waals surface area (Å²) in [5.41, 5.74) is 3.82. The monoisotopic (exact) mass is 371 g/mol. The molecular formula is C21H26FN3O2. The number of hydrogen-bond donors (Lipinski definition) is 2. The third kappa shape index (κ3) is 6.49. The van der Waals surface area contributed by atoms with E-state index in [0.717, 1.165) is 5.56 Å². The highest BCUT2D eigenvalue weighted by molar-refractivity contribution is 5.92. The summed E-state index contributed by atoms with van der Waals surface area (Å²) in [6.45, 7) is 6.14. The molecule has 144 valence electrons. The normalized spacial score (nSPS) is 11.9. The van der Waals surface area contributed by atoms with Gasteiger partial charge in [0.25, 0.3) is 0 Å². The van der Waals surface area contributed by atoms with Gasteiger partial charge in [0.2, 0.25) is 11.8 Å². The minimum Gasteiger partial charge on any atom is -0.348 e. The molecule has 6 heteroatoms. The second-order valence-electron chi connectivity index (χ2n) is 6.86. The first kappa shape index (κ1) is 20.6. The Morgan fingerprint density at radius 2 is 1.74 bits per heavy atom. The molecule has 2 aromatic rings. The molecule has 0 aliphatic heterocycles. The Morgan fingerprint density at radius 1 is 1.04 bits per heavy atom. The number of benzene rings is 2. The third-order valence-corrected chi connectivity index (χ3v) is 4.34. The van der Waals surface area contributed by atoms with Gasteiger partial charge in [-0.1, -0.05) is 24.3 Å². The summed E-state index contributed by atoms with van der Waals surface area (Å²) in [5, 5.41) is 5.55. The highest BCUT2D eigenvalue weighted by Crippen LogP contribution is 2.16. The molecule has 0 aliphatic rings. The molecule has 0 aromatic heterocycles. The van der Waals surface area contributed by atoms with Crippen molar-refractivity contribution < 1.29 is 14.0 Å². The number of nitrogens with one attached hydrogen (secondary N) is 2. The Morgan fingerprint density at radius 3 is 2.41 bits per heavy atom. The van der Waals surface area contributed by atoms with Crippen LogP contribution in [0.3, 0.4) is 0 Å². The SMILES string of the molecule is Cc1ccc(C(C)NC(=O)CN(C)CC(=O)Nc2cccc(F)c2)cc1C. The first-order chi connectivity index (χ1) is 12.7. The van der Waals surface area contributed by atoms with Crippen LogP contribution in [0.4, 0.5) is 10.1 Å². The molecule has 0 saturated heterocycles. The van der Waals surface area contributed by atoms with Gasteiger partial charge in [-0.2, -0.15) is 0 Å². The number of carbonyl (C=O) groups excluding carboxylic acids is 2. The maximum Gasteiger partial charge on any atom is 0.238 e. The number of hydrogen-bond acceptors (Lipinski definition) is 3. The van der Waals surface area contributed by atoms with Crippen LogP contribution in [-0.2, 0) is 9.59 Å². The molecule has 0 fully saturated rings. The van der Waals surface area contributed by atoms with E-state index in [-0.39, 0.29) is 30.9 Å². The Kier molecular flexibility index (Phi) is 7.07. The van der Waals surface area contributed by atoms with Gasteiger partial charge in [0, 0.05) is 5.69 Å². The number of anilines is 1. The zero-order chi connectivity index (χ0) is 20.0. The highest BCUT2D eigenvalue weighted by atomic mass is 19.1. The maximum atomic E-state index is 13.1. The Hall–Kier alpha value is -2.73. The molecule has 1 atom stereocenters. The summed E-state index contributed by atoms with van der Waals surface area (Å²) in [6, 6.07) is 11.7. The van der Waals surface area contributed by atoms with E-state index < -0.39 is 5.82 Å². The van der Waals surface area contributed by atoms with Gasteiger partial charge in [0.05, 0.1) is 19.1 Å². The molecule has 2 N–H and O–H groups in total. The number of rotatable bonds is 7. The van der Waals surface area contributed by atoms with E-state index in [1.807, 2.05) is 32.9 Å². The van der Waals surface area contributed by atoms with E-state index in [0.29, 0.717) is 5.69 Å². The molecule has 0 spiro atoms. The van der Waals surface area contributed by atoms with Gasteiger partial charge in [-0.25, -0.2) is 4.39 Å². The smallest absolute Gasteiger partial charge is 0.238 e. The Labute approximate surface area is 159 Å². The van der Waals surface area contributed by atoms with Crippen molar-refractivity contribution in [3.05, 3.63) is 65.0 Å². The average molecular weight is 371 g/mol. The molecule has 0 saturated carbocycles. The summed E-state index contributed by atoms with van der Waals surface area (Å²) < 4.78 is 13.1. The minimum atomic E-state index is -0.416. The van der Waals surface area contributed by atoms with Crippen LogP contribution in [0.25, 0.3) is 0 Å². The largest absolute Gasteiger partial charge is 0.348 e.